The number of rotatable bonds is 3. The van der Waals surface area contributed by atoms with Gasteiger partial charge in [0.1, 0.15) is 5.52 Å². The zero-order valence-electron chi connectivity index (χ0n) is 11.2. The monoisotopic (exact) mass is 274 g/mol. The van der Waals surface area contributed by atoms with Gasteiger partial charge in [-0.05, 0) is 30.9 Å². The Labute approximate surface area is 116 Å². The molecule has 0 saturated carbocycles. The van der Waals surface area contributed by atoms with Gasteiger partial charge in [-0.15, -0.1) is 0 Å². The van der Waals surface area contributed by atoms with Crippen molar-refractivity contribution in [3.8, 4) is 0 Å². The van der Waals surface area contributed by atoms with Crippen LogP contribution in [0.15, 0.2) is 28.7 Å². The third kappa shape index (κ3) is 2.68. The van der Waals surface area contributed by atoms with Gasteiger partial charge in [-0.3, -0.25) is 0 Å². The van der Waals surface area contributed by atoms with E-state index in [2.05, 4.69) is 15.2 Å². The van der Waals surface area contributed by atoms with E-state index >= 15 is 0 Å². The molecular formula is C14H18N4O2. The highest BCUT2D eigenvalue weighted by atomic mass is 16.4. The number of oxazole rings is 1. The number of hydrogen-bond donors (Lipinski definition) is 2. The van der Waals surface area contributed by atoms with Crippen LogP contribution in [0, 0.1) is 5.92 Å². The van der Waals surface area contributed by atoms with Gasteiger partial charge in [0.25, 0.3) is 6.01 Å². The normalized spacial score (nSPS) is 19.2. The summed E-state index contributed by atoms with van der Waals surface area (Å²) >= 11 is 0. The molecule has 0 spiro atoms. The Kier molecular flexibility index (Phi) is 3.45. The summed E-state index contributed by atoms with van der Waals surface area (Å²) in [5, 5.41) is 2.67. The van der Waals surface area contributed by atoms with Crippen LogP contribution in [0.4, 0.5) is 10.8 Å². The fourth-order valence-electron chi connectivity index (χ4n) is 2.65. The van der Waals surface area contributed by atoms with Crippen molar-refractivity contribution in [1.29, 1.82) is 0 Å². The largest absolute Gasteiger partial charge is 0.423 e. The number of piperidine rings is 1. The van der Waals surface area contributed by atoms with E-state index in [1.54, 1.807) is 0 Å². The molecule has 1 atom stereocenters. The molecule has 0 aliphatic carbocycles. The summed E-state index contributed by atoms with van der Waals surface area (Å²) in [5.74, 6) is 0.381. The fourth-order valence-corrected chi connectivity index (χ4v) is 2.65. The van der Waals surface area contributed by atoms with Crippen molar-refractivity contribution < 1.29 is 9.21 Å². The Hall–Kier alpha value is -2.24. The second-order valence-electron chi connectivity index (χ2n) is 5.16. The van der Waals surface area contributed by atoms with Crippen LogP contribution >= 0.6 is 0 Å². The summed E-state index contributed by atoms with van der Waals surface area (Å²) < 4.78 is 5.78. The van der Waals surface area contributed by atoms with Gasteiger partial charge < -0.3 is 20.4 Å². The van der Waals surface area contributed by atoms with Crippen LogP contribution < -0.4 is 16.0 Å². The maximum absolute atomic E-state index is 10.8. The van der Waals surface area contributed by atoms with Crippen LogP contribution in [0.3, 0.4) is 0 Å². The van der Waals surface area contributed by atoms with Gasteiger partial charge in [-0.25, -0.2) is 4.79 Å². The van der Waals surface area contributed by atoms with E-state index < -0.39 is 6.03 Å². The fraction of sp³-hybridized carbons (Fsp3) is 0.429. The third-order valence-corrected chi connectivity index (χ3v) is 3.64. The van der Waals surface area contributed by atoms with Crippen molar-refractivity contribution in [3.63, 3.8) is 0 Å². The molecule has 1 aromatic heterocycles. The SMILES string of the molecule is NC(=O)NCC1CCCN(c2nc3ccccc3o2)C1. The van der Waals surface area contributed by atoms with E-state index in [-0.39, 0.29) is 0 Å². The van der Waals surface area contributed by atoms with Gasteiger partial charge in [0.15, 0.2) is 5.58 Å². The first kappa shape index (κ1) is 12.8. The standard InChI is InChI=1S/C14H18N4O2/c15-13(19)16-8-10-4-3-7-18(9-10)14-17-11-5-1-2-6-12(11)20-14/h1-2,5-6,10H,3-4,7-9H2,(H3,15,16,19). The van der Waals surface area contributed by atoms with Crippen molar-refractivity contribution in [1.82, 2.24) is 10.3 Å². The number of nitrogens with one attached hydrogen (secondary N) is 1. The van der Waals surface area contributed by atoms with Crippen LogP contribution in [0.25, 0.3) is 11.1 Å². The molecule has 3 rings (SSSR count). The molecule has 3 N–H and O–H groups in total. The Morgan fingerprint density at radius 3 is 3.15 bits per heavy atom. The Morgan fingerprint density at radius 2 is 2.35 bits per heavy atom. The maximum atomic E-state index is 10.8. The number of urea groups is 1. The summed E-state index contributed by atoms with van der Waals surface area (Å²) in [6, 6.07) is 7.94. The predicted molar refractivity (Wildman–Crippen MR) is 76.5 cm³/mol. The molecule has 1 aromatic carbocycles. The molecule has 6 heteroatoms. The average molecular weight is 274 g/mol. The number of aromatic nitrogens is 1. The number of fused-ring (bicyclic) bond motifs is 1. The summed E-state index contributed by atoms with van der Waals surface area (Å²) in [7, 11) is 0. The maximum Gasteiger partial charge on any atom is 0.312 e. The second-order valence-corrected chi connectivity index (χ2v) is 5.16. The molecule has 106 valence electrons. The number of carbonyl (C=O) groups excluding carboxylic acids is 1. The molecule has 2 amide bonds. The lowest BCUT2D eigenvalue weighted by atomic mass is 9.98. The van der Waals surface area contributed by atoms with Gasteiger partial charge in [-0.1, -0.05) is 12.1 Å². The number of benzene rings is 1. The van der Waals surface area contributed by atoms with Crippen LogP contribution in [-0.2, 0) is 0 Å². The smallest absolute Gasteiger partial charge is 0.312 e. The minimum atomic E-state index is -0.469. The van der Waals surface area contributed by atoms with E-state index in [1.165, 1.54) is 0 Å². The minimum absolute atomic E-state index is 0.381. The zero-order chi connectivity index (χ0) is 13.9. The highest BCUT2D eigenvalue weighted by Crippen LogP contribution is 2.25. The second kappa shape index (κ2) is 5.40. The summed E-state index contributed by atoms with van der Waals surface area (Å²) in [6.07, 6.45) is 2.14. The molecular weight excluding hydrogens is 256 g/mol. The van der Waals surface area contributed by atoms with E-state index in [0.717, 1.165) is 37.0 Å². The quantitative estimate of drug-likeness (QED) is 0.892. The van der Waals surface area contributed by atoms with Gasteiger partial charge >= 0.3 is 6.03 Å². The lowest BCUT2D eigenvalue weighted by Gasteiger charge is -2.31. The number of hydrogen-bond acceptors (Lipinski definition) is 4. The molecule has 0 bridgehead atoms. The third-order valence-electron chi connectivity index (χ3n) is 3.64. The van der Waals surface area contributed by atoms with Crippen LogP contribution in [0.1, 0.15) is 12.8 Å². The number of amides is 2. The molecule has 2 heterocycles. The van der Waals surface area contributed by atoms with Crippen molar-refractivity contribution in [3.05, 3.63) is 24.3 Å². The van der Waals surface area contributed by atoms with Gasteiger partial charge in [0.2, 0.25) is 0 Å². The lowest BCUT2D eigenvalue weighted by molar-refractivity contribution is 0.245. The van der Waals surface area contributed by atoms with Crippen molar-refractivity contribution in [2.75, 3.05) is 24.5 Å². The Bertz CT molecular complexity index is 577. The highest BCUT2D eigenvalue weighted by molar-refractivity contribution is 5.74. The highest BCUT2D eigenvalue weighted by Gasteiger charge is 2.23. The number of anilines is 1. The summed E-state index contributed by atoms with van der Waals surface area (Å²) in [5.41, 5.74) is 6.79. The first-order valence-electron chi connectivity index (χ1n) is 6.86. The van der Waals surface area contributed by atoms with Crippen LogP contribution in [-0.4, -0.2) is 30.6 Å². The number of para-hydroxylation sites is 2. The minimum Gasteiger partial charge on any atom is -0.423 e. The molecule has 20 heavy (non-hydrogen) atoms. The van der Waals surface area contributed by atoms with Crippen molar-refractivity contribution in [2.24, 2.45) is 11.7 Å². The van der Waals surface area contributed by atoms with Crippen LogP contribution in [0.5, 0.6) is 0 Å². The van der Waals surface area contributed by atoms with E-state index in [9.17, 15) is 4.79 Å². The summed E-state index contributed by atoms with van der Waals surface area (Å²) in [6.45, 7) is 2.36. The van der Waals surface area contributed by atoms with Crippen molar-refractivity contribution >= 4 is 23.1 Å². The molecule has 0 radical (unpaired) electrons. The van der Waals surface area contributed by atoms with E-state index in [1.807, 2.05) is 24.3 Å². The molecule has 6 nitrogen and oxygen atoms in total. The molecule has 1 aliphatic rings. The molecule has 1 saturated heterocycles. The molecule has 1 aliphatic heterocycles. The first-order chi connectivity index (χ1) is 9.72. The van der Waals surface area contributed by atoms with Gasteiger partial charge in [0, 0.05) is 19.6 Å². The van der Waals surface area contributed by atoms with E-state index in [0.29, 0.717) is 18.5 Å². The number of nitrogens with zero attached hydrogens (tertiary/aromatic N) is 2. The van der Waals surface area contributed by atoms with Gasteiger partial charge in [0.05, 0.1) is 0 Å². The van der Waals surface area contributed by atoms with E-state index in [4.69, 9.17) is 10.2 Å². The number of nitrogens with two attached hydrogens (primary N) is 1. The summed E-state index contributed by atoms with van der Waals surface area (Å²) in [4.78, 5) is 17.4. The van der Waals surface area contributed by atoms with Gasteiger partial charge in [-0.2, -0.15) is 4.98 Å². The number of primary amides is 1. The Morgan fingerprint density at radius 1 is 1.50 bits per heavy atom. The first-order valence-corrected chi connectivity index (χ1v) is 6.86. The average Bonchev–Trinajstić information content (AvgIpc) is 2.89. The van der Waals surface area contributed by atoms with Crippen LogP contribution in [0.2, 0.25) is 0 Å². The predicted octanol–water partition coefficient (Wildman–Crippen LogP) is 1.71. The molecule has 2 aromatic rings. The number of carbonyl (C=O) groups is 1. The van der Waals surface area contributed by atoms with Crippen molar-refractivity contribution in [2.45, 2.75) is 12.8 Å². The Balaban J connectivity index is 1.71. The lowest BCUT2D eigenvalue weighted by Crippen LogP contribution is -2.42. The molecule has 1 fully saturated rings. The molecule has 1 unspecified atom stereocenters. The topological polar surface area (TPSA) is 84.4 Å². The zero-order valence-corrected chi connectivity index (χ0v) is 11.2.